The van der Waals surface area contributed by atoms with Crippen LogP contribution in [-0.2, 0) is 0 Å². The second kappa shape index (κ2) is 5.68. The lowest BCUT2D eigenvalue weighted by Gasteiger charge is -2.18. The van der Waals surface area contributed by atoms with Crippen LogP contribution in [0.3, 0.4) is 0 Å². The van der Waals surface area contributed by atoms with Crippen molar-refractivity contribution < 1.29 is 22.7 Å². The van der Waals surface area contributed by atoms with Crippen molar-refractivity contribution in [3.63, 3.8) is 0 Å². The fourth-order valence-electron chi connectivity index (χ4n) is 2.96. The van der Waals surface area contributed by atoms with Gasteiger partial charge in [0.05, 0.1) is 0 Å². The summed E-state index contributed by atoms with van der Waals surface area (Å²) in [5.74, 6) is 0.675. The summed E-state index contributed by atoms with van der Waals surface area (Å²) in [6.45, 7) is 3.27. The van der Waals surface area contributed by atoms with E-state index in [1.54, 1.807) is 4.90 Å². The first-order chi connectivity index (χ1) is 10.4. The minimum absolute atomic E-state index is 0.223. The Morgan fingerprint density at radius 1 is 1.18 bits per heavy atom. The first-order valence-electron chi connectivity index (χ1n) is 7.03. The van der Waals surface area contributed by atoms with E-state index in [2.05, 4.69) is 15.4 Å². The first-order valence-corrected chi connectivity index (χ1v) is 7.03. The van der Waals surface area contributed by atoms with Gasteiger partial charge in [0.2, 0.25) is 0 Å². The molecule has 2 heterocycles. The van der Waals surface area contributed by atoms with Crippen LogP contribution in [-0.4, -0.2) is 43.5 Å². The van der Waals surface area contributed by atoms with Crippen LogP contribution in [0.1, 0.15) is 0 Å². The van der Waals surface area contributed by atoms with Gasteiger partial charge in [0.25, 0.3) is 0 Å². The average molecular weight is 315 g/mol. The highest BCUT2D eigenvalue weighted by atomic mass is 19.4. The Labute approximate surface area is 125 Å². The van der Waals surface area contributed by atoms with Crippen molar-refractivity contribution >= 4 is 11.7 Å². The smallest absolute Gasteiger partial charge is 0.406 e. The molecule has 3 rings (SSSR count). The minimum Gasteiger partial charge on any atom is -0.406 e. The molecule has 2 fully saturated rings. The zero-order chi connectivity index (χ0) is 15.7. The molecule has 0 saturated carbocycles. The first kappa shape index (κ1) is 15.0. The second-order valence-electron chi connectivity index (χ2n) is 5.59. The van der Waals surface area contributed by atoms with E-state index < -0.39 is 6.36 Å². The van der Waals surface area contributed by atoms with Crippen molar-refractivity contribution in [1.29, 1.82) is 0 Å². The number of carbonyl (C=O) groups excluding carboxylic acids is 1. The maximum absolute atomic E-state index is 12.1. The van der Waals surface area contributed by atoms with Gasteiger partial charge in [-0.3, -0.25) is 0 Å². The Morgan fingerprint density at radius 3 is 2.32 bits per heavy atom. The van der Waals surface area contributed by atoms with Crippen molar-refractivity contribution in [2.24, 2.45) is 11.8 Å². The molecule has 0 bridgehead atoms. The second-order valence-corrected chi connectivity index (χ2v) is 5.59. The highest BCUT2D eigenvalue weighted by Gasteiger charge is 2.38. The Hall–Kier alpha value is -1.96. The molecule has 2 N–H and O–H groups in total. The number of carbonyl (C=O) groups is 1. The van der Waals surface area contributed by atoms with Crippen LogP contribution in [0.25, 0.3) is 0 Å². The standard InChI is InChI=1S/C14H16F3N3O2/c15-14(16,17)22-12-3-1-11(2-4-12)19-13(21)20-7-9-5-18-6-10(9)8-20/h1-4,9-10,18H,5-8H2,(H,19,21)/t9-,10+. The van der Waals surface area contributed by atoms with Crippen LogP contribution < -0.4 is 15.4 Å². The van der Waals surface area contributed by atoms with Crippen LogP contribution in [0.2, 0.25) is 0 Å². The van der Waals surface area contributed by atoms with E-state index in [0.29, 0.717) is 30.6 Å². The van der Waals surface area contributed by atoms with Gasteiger partial charge < -0.3 is 20.3 Å². The highest BCUT2D eigenvalue weighted by molar-refractivity contribution is 5.89. The molecular weight excluding hydrogens is 299 g/mol. The molecule has 2 amide bonds. The van der Waals surface area contributed by atoms with Crippen LogP contribution in [0.4, 0.5) is 23.7 Å². The van der Waals surface area contributed by atoms with Gasteiger partial charge in [-0.15, -0.1) is 13.2 Å². The molecule has 0 unspecified atom stereocenters. The maximum atomic E-state index is 12.1. The third kappa shape index (κ3) is 3.44. The maximum Gasteiger partial charge on any atom is 0.573 e. The Balaban J connectivity index is 1.55. The number of ether oxygens (including phenoxy) is 1. The zero-order valence-corrected chi connectivity index (χ0v) is 11.7. The summed E-state index contributed by atoms with van der Waals surface area (Å²) in [5, 5.41) is 5.99. The van der Waals surface area contributed by atoms with Crippen LogP contribution in [0.5, 0.6) is 5.75 Å². The van der Waals surface area contributed by atoms with Crippen LogP contribution in [0, 0.1) is 11.8 Å². The molecule has 22 heavy (non-hydrogen) atoms. The number of nitrogens with zero attached hydrogens (tertiary/aromatic N) is 1. The number of hydrogen-bond donors (Lipinski definition) is 2. The molecule has 0 aliphatic carbocycles. The number of urea groups is 1. The molecule has 0 spiro atoms. The molecule has 0 aromatic heterocycles. The summed E-state index contributed by atoms with van der Waals surface area (Å²) in [5.41, 5.74) is 0.440. The molecule has 120 valence electrons. The Kier molecular flexibility index (Phi) is 3.86. The Bertz CT molecular complexity index is 535. The van der Waals surface area contributed by atoms with Gasteiger partial charge in [-0.05, 0) is 36.1 Å². The molecule has 1 aromatic rings. The van der Waals surface area contributed by atoms with Gasteiger partial charge in [-0.1, -0.05) is 0 Å². The summed E-state index contributed by atoms with van der Waals surface area (Å²) >= 11 is 0. The molecule has 1 aromatic carbocycles. The van der Waals surface area contributed by atoms with Crippen LogP contribution in [0.15, 0.2) is 24.3 Å². The van der Waals surface area contributed by atoms with Crippen LogP contribution >= 0.6 is 0 Å². The van der Waals surface area contributed by atoms with E-state index in [0.717, 1.165) is 13.1 Å². The van der Waals surface area contributed by atoms with Crippen molar-refractivity contribution in [1.82, 2.24) is 10.2 Å². The number of benzene rings is 1. The molecule has 2 aliphatic heterocycles. The number of rotatable bonds is 2. The molecule has 5 nitrogen and oxygen atoms in total. The SMILES string of the molecule is O=C(Nc1ccc(OC(F)(F)F)cc1)N1C[C@H]2CNC[C@H]2C1. The lowest BCUT2D eigenvalue weighted by Crippen LogP contribution is -2.35. The van der Waals surface area contributed by atoms with E-state index >= 15 is 0 Å². The monoisotopic (exact) mass is 315 g/mol. The van der Waals surface area contributed by atoms with E-state index in [1.165, 1.54) is 24.3 Å². The van der Waals surface area contributed by atoms with Gasteiger partial charge >= 0.3 is 12.4 Å². The lowest BCUT2D eigenvalue weighted by atomic mass is 10.0. The van der Waals surface area contributed by atoms with E-state index in [1.807, 2.05) is 0 Å². The molecule has 0 radical (unpaired) electrons. The fourth-order valence-corrected chi connectivity index (χ4v) is 2.96. The highest BCUT2D eigenvalue weighted by Crippen LogP contribution is 2.27. The zero-order valence-electron chi connectivity index (χ0n) is 11.7. The molecule has 2 aliphatic rings. The van der Waals surface area contributed by atoms with Crippen molar-refractivity contribution in [3.8, 4) is 5.75 Å². The number of anilines is 1. The van der Waals surface area contributed by atoms with E-state index in [-0.39, 0.29) is 11.8 Å². The molecule has 2 atom stereocenters. The molecular formula is C14H16F3N3O2. The fraction of sp³-hybridized carbons (Fsp3) is 0.500. The largest absolute Gasteiger partial charge is 0.573 e. The van der Waals surface area contributed by atoms with Gasteiger partial charge in [-0.2, -0.15) is 0 Å². The average Bonchev–Trinajstić information content (AvgIpc) is 3.00. The minimum atomic E-state index is -4.72. The van der Waals surface area contributed by atoms with Gasteiger partial charge in [0, 0.05) is 31.9 Å². The number of fused-ring (bicyclic) bond motifs is 1. The predicted octanol–water partition coefficient (Wildman–Crippen LogP) is 2.27. The normalized spacial score (nSPS) is 24.2. The summed E-state index contributed by atoms with van der Waals surface area (Å²) in [6.07, 6.45) is -4.72. The summed E-state index contributed by atoms with van der Waals surface area (Å²) in [7, 11) is 0. The predicted molar refractivity (Wildman–Crippen MR) is 73.6 cm³/mol. The van der Waals surface area contributed by atoms with Gasteiger partial charge in [0.15, 0.2) is 0 Å². The third-order valence-electron chi connectivity index (χ3n) is 4.02. The van der Waals surface area contributed by atoms with Gasteiger partial charge in [0.1, 0.15) is 5.75 Å². The number of likely N-dealkylation sites (tertiary alicyclic amines) is 1. The van der Waals surface area contributed by atoms with E-state index in [4.69, 9.17) is 0 Å². The number of nitrogens with one attached hydrogen (secondary N) is 2. The number of halogens is 3. The van der Waals surface area contributed by atoms with E-state index in [9.17, 15) is 18.0 Å². The van der Waals surface area contributed by atoms with Crippen molar-refractivity contribution in [2.75, 3.05) is 31.5 Å². The van der Waals surface area contributed by atoms with Gasteiger partial charge in [-0.25, -0.2) is 4.79 Å². The topological polar surface area (TPSA) is 53.6 Å². The quantitative estimate of drug-likeness (QED) is 0.880. The summed E-state index contributed by atoms with van der Waals surface area (Å²) < 4.78 is 40.0. The summed E-state index contributed by atoms with van der Waals surface area (Å²) in [6, 6.07) is 4.89. The third-order valence-corrected chi connectivity index (χ3v) is 4.02. The van der Waals surface area contributed by atoms with Crippen molar-refractivity contribution in [3.05, 3.63) is 24.3 Å². The molecule has 8 heteroatoms. The van der Waals surface area contributed by atoms with Crippen molar-refractivity contribution in [2.45, 2.75) is 6.36 Å². The molecule has 2 saturated heterocycles. The summed E-state index contributed by atoms with van der Waals surface area (Å²) in [4.78, 5) is 13.9. The Morgan fingerprint density at radius 2 is 1.77 bits per heavy atom. The number of hydrogen-bond acceptors (Lipinski definition) is 3. The number of alkyl halides is 3. The number of amides is 2. The lowest BCUT2D eigenvalue weighted by molar-refractivity contribution is -0.274.